The molecule has 0 saturated heterocycles. The van der Waals surface area contributed by atoms with E-state index in [4.69, 9.17) is 4.74 Å². The molecular weight excluding hydrogens is 286 g/mol. The van der Waals surface area contributed by atoms with Gasteiger partial charge in [-0.1, -0.05) is 49.8 Å². The molecule has 23 heavy (non-hydrogen) atoms. The van der Waals surface area contributed by atoms with Crippen molar-refractivity contribution in [2.75, 3.05) is 6.61 Å². The van der Waals surface area contributed by atoms with E-state index in [1.807, 2.05) is 54.8 Å². The van der Waals surface area contributed by atoms with Gasteiger partial charge in [-0.15, -0.1) is 0 Å². The highest BCUT2D eigenvalue weighted by molar-refractivity contribution is 5.89. The average molecular weight is 305 g/mol. The van der Waals surface area contributed by atoms with Gasteiger partial charge in [0.1, 0.15) is 0 Å². The quantitative estimate of drug-likeness (QED) is 0.630. The first-order valence-electron chi connectivity index (χ1n) is 7.90. The molecule has 0 saturated carbocycles. The Bertz CT molecular complexity index is 958. The molecule has 2 aromatic carbocycles. The summed E-state index contributed by atoms with van der Waals surface area (Å²) in [7, 11) is 0. The third-order valence-electron chi connectivity index (χ3n) is 3.78. The summed E-state index contributed by atoms with van der Waals surface area (Å²) in [6.07, 6.45) is 7.78. The summed E-state index contributed by atoms with van der Waals surface area (Å²) in [5, 5.41) is 3.96. The zero-order valence-electron chi connectivity index (χ0n) is 13.2. The second kappa shape index (κ2) is 7.05. The van der Waals surface area contributed by atoms with E-state index in [2.05, 4.69) is 11.9 Å². The summed E-state index contributed by atoms with van der Waals surface area (Å²) in [5.41, 5.74) is 0.576. The number of nitrogens with zero attached hydrogens (tertiary/aromatic N) is 1. The lowest BCUT2D eigenvalue weighted by atomic mass is 10.1. The number of unbranched alkanes of at least 4 members (excludes halogenated alkanes) is 1. The molecule has 0 N–H and O–H groups in total. The molecule has 3 nitrogen and oxygen atoms in total. The Morgan fingerprint density at radius 1 is 1.04 bits per heavy atom. The van der Waals surface area contributed by atoms with Crippen LogP contribution < -0.4 is 21.0 Å². The highest BCUT2D eigenvalue weighted by Crippen LogP contribution is 1.99. The van der Waals surface area contributed by atoms with E-state index in [9.17, 15) is 4.79 Å². The molecule has 0 unspecified atom stereocenters. The third kappa shape index (κ3) is 3.57. The maximum absolute atomic E-state index is 12.1. The Morgan fingerprint density at radius 2 is 1.87 bits per heavy atom. The van der Waals surface area contributed by atoms with Crippen LogP contribution in [-0.4, -0.2) is 12.6 Å². The highest BCUT2D eigenvalue weighted by Gasteiger charge is 2.06. The number of ether oxygens (including phenoxy) is 1. The van der Waals surface area contributed by atoms with Gasteiger partial charge in [-0.2, -0.15) is 0 Å². The zero-order valence-corrected chi connectivity index (χ0v) is 13.2. The van der Waals surface area contributed by atoms with Gasteiger partial charge in [0.15, 0.2) is 0 Å². The van der Waals surface area contributed by atoms with Crippen LogP contribution in [-0.2, 0) is 4.74 Å². The van der Waals surface area contributed by atoms with Crippen molar-refractivity contribution in [2.45, 2.75) is 19.8 Å². The normalized spacial score (nSPS) is 12.0. The standard InChI is InChI=1S/C20H19NO2/c1-2-3-12-23-20(22)17-10-11-18-14-21-19-7-5-4-6-15(19)8-9-16(18)13-17/h4-11,13-14H,2-3,12H2,1H3. The fraction of sp³-hybridized carbons (Fsp3) is 0.200. The molecule has 1 aliphatic rings. The fourth-order valence-electron chi connectivity index (χ4n) is 2.42. The molecule has 0 radical (unpaired) electrons. The van der Waals surface area contributed by atoms with Crippen LogP contribution in [0.5, 0.6) is 0 Å². The zero-order chi connectivity index (χ0) is 16.1. The number of benzene rings is 2. The highest BCUT2D eigenvalue weighted by atomic mass is 16.5. The van der Waals surface area contributed by atoms with Crippen molar-refractivity contribution in [1.82, 2.24) is 0 Å². The van der Waals surface area contributed by atoms with Gasteiger partial charge in [0.25, 0.3) is 0 Å². The Kier molecular flexibility index (Phi) is 4.67. The number of hydrogen-bond acceptors (Lipinski definition) is 3. The van der Waals surface area contributed by atoms with Crippen LogP contribution in [0, 0.1) is 0 Å². The monoisotopic (exact) mass is 305 g/mol. The van der Waals surface area contributed by atoms with Gasteiger partial charge in [-0.05, 0) is 29.8 Å². The summed E-state index contributed by atoms with van der Waals surface area (Å²) >= 11 is 0. The molecule has 0 atom stereocenters. The van der Waals surface area contributed by atoms with E-state index in [-0.39, 0.29) is 5.97 Å². The fourth-order valence-corrected chi connectivity index (χ4v) is 2.42. The van der Waals surface area contributed by atoms with Crippen LogP contribution in [0.3, 0.4) is 0 Å². The molecule has 1 aliphatic heterocycles. The Morgan fingerprint density at radius 3 is 2.74 bits per heavy atom. The van der Waals surface area contributed by atoms with Crippen LogP contribution in [0.4, 0.5) is 0 Å². The number of fused-ring (bicyclic) bond motifs is 2. The van der Waals surface area contributed by atoms with E-state index in [0.29, 0.717) is 12.2 Å². The van der Waals surface area contributed by atoms with Gasteiger partial charge in [-0.3, -0.25) is 4.99 Å². The van der Waals surface area contributed by atoms with Gasteiger partial charge in [-0.25, -0.2) is 4.79 Å². The van der Waals surface area contributed by atoms with E-state index in [1.165, 1.54) is 0 Å². The van der Waals surface area contributed by atoms with Gasteiger partial charge in [0, 0.05) is 16.6 Å². The second-order valence-corrected chi connectivity index (χ2v) is 5.48. The molecule has 0 fully saturated rings. The van der Waals surface area contributed by atoms with Crippen molar-refractivity contribution in [1.29, 1.82) is 0 Å². The Labute approximate surface area is 135 Å². The first-order valence-corrected chi connectivity index (χ1v) is 7.90. The van der Waals surface area contributed by atoms with Gasteiger partial charge < -0.3 is 4.74 Å². The number of carbonyl (C=O) groups excluding carboxylic acids is 1. The molecule has 3 heteroatoms. The minimum absolute atomic E-state index is 0.269. The van der Waals surface area contributed by atoms with E-state index >= 15 is 0 Å². The molecule has 3 rings (SSSR count). The lowest BCUT2D eigenvalue weighted by molar-refractivity contribution is 0.0499. The van der Waals surface area contributed by atoms with E-state index in [0.717, 1.165) is 33.9 Å². The number of esters is 1. The Hall–Kier alpha value is -2.68. The van der Waals surface area contributed by atoms with E-state index < -0.39 is 0 Å². The average Bonchev–Trinajstić information content (AvgIpc) is 2.57. The molecule has 0 bridgehead atoms. The summed E-state index contributed by atoms with van der Waals surface area (Å²) in [4.78, 5) is 16.6. The van der Waals surface area contributed by atoms with Crippen LogP contribution in [0.25, 0.3) is 18.4 Å². The lowest BCUT2D eigenvalue weighted by Gasteiger charge is -2.04. The van der Waals surface area contributed by atoms with Crippen LogP contribution in [0.1, 0.15) is 30.1 Å². The van der Waals surface area contributed by atoms with Crippen molar-refractivity contribution in [3.05, 3.63) is 69.0 Å². The number of hydrogen-bond donors (Lipinski definition) is 0. The molecule has 0 aromatic heterocycles. The molecule has 1 heterocycles. The van der Waals surface area contributed by atoms with Crippen molar-refractivity contribution < 1.29 is 9.53 Å². The summed E-state index contributed by atoms with van der Waals surface area (Å²) in [6.45, 7) is 2.54. The number of carbonyl (C=O) groups is 1. The maximum Gasteiger partial charge on any atom is 0.338 e. The van der Waals surface area contributed by atoms with Gasteiger partial charge in [0.2, 0.25) is 0 Å². The lowest BCUT2D eigenvalue weighted by Crippen LogP contribution is -2.30. The van der Waals surface area contributed by atoms with Crippen LogP contribution in [0.15, 0.2) is 47.5 Å². The number of para-hydroxylation sites is 1. The maximum atomic E-state index is 12.1. The van der Waals surface area contributed by atoms with Crippen molar-refractivity contribution in [3.8, 4) is 0 Å². The predicted octanol–water partition coefficient (Wildman–Crippen LogP) is 1.28. The predicted molar refractivity (Wildman–Crippen MR) is 91.5 cm³/mol. The molecule has 0 amide bonds. The topological polar surface area (TPSA) is 38.7 Å². The SMILES string of the molecule is CCCCOC(=O)c1ccc2c(c1)=CC=c1ccccc1=NC=2. The minimum atomic E-state index is -0.269. The largest absolute Gasteiger partial charge is 0.462 e. The molecule has 2 aromatic rings. The van der Waals surface area contributed by atoms with E-state index in [1.54, 1.807) is 6.07 Å². The third-order valence-corrected chi connectivity index (χ3v) is 3.78. The van der Waals surface area contributed by atoms with Crippen LogP contribution in [0.2, 0.25) is 0 Å². The molecule has 116 valence electrons. The molecule has 0 aliphatic carbocycles. The first kappa shape index (κ1) is 15.2. The second-order valence-electron chi connectivity index (χ2n) is 5.48. The molecule has 0 spiro atoms. The van der Waals surface area contributed by atoms with Crippen molar-refractivity contribution in [2.24, 2.45) is 4.99 Å². The Balaban J connectivity index is 1.99. The smallest absolute Gasteiger partial charge is 0.338 e. The first-order chi connectivity index (χ1) is 11.3. The molecular formula is C20H19NO2. The minimum Gasteiger partial charge on any atom is -0.462 e. The van der Waals surface area contributed by atoms with Crippen molar-refractivity contribution in [3.63, 3.8) is 0 Å². The summed E-state index contributed by atoms with van der Waals surface area (Å²) in [6, 6.07) is 13.5. The van der Waals surface area contributed by atoms with Crippen molar-refractivity contribution >= 4 is 24.3 Å². The van der Waals surface area contributed by atoms with Gasteiger partial charge >= 0.3 is 5.97 Å². The summed E-state index contributed by atoms with van der Waals surface area (Å²) in [5.74, 6) is -0.269. The van der Waals surface area contributed by atoms with Crippen LogP contribution >= 0.6 is 0 Å². The van der Waals surface area contributed by atoms with Gasteiger partial charge in [0.05, 0.1) is 17.5 Å². The number of rotatable bonds is 4. The summed E-state index contributed by atoms with van der Waals surface area (Å²) < 4.78 is 5.28.